The number of alkyl halides is 1. The Morgan fingerprint density at radius 3 is 2.47 bits per heavy atom. The molecule has 100 valence electrons. The molecule has 1 aromatic heterocycles. The molecule has 0 bridgehead atoms. The minimum atomic E-state index is -0.474. The summed E-state index contributed by atoms with van der Waals surface area (Å²) in [5, 5.41) is 0.934. The lowest BCUT2D eigenvalue weighted by atomic mass is 9.95. The number of carbonyl (C=O) groups excluding carboxylic acids is 2. The van der Waals surface area contributed by atoms with Gasteiger partial charge in [0.1, 0.15) is 0 Å². The van der Waals surface area contributed by atoms with E-state index in [9.17, 15) is 9.59 Å². The summed E-state index contributed by atoms with van der Waals surface area (Å²) in [6.45, 7) is 5.61. The van der Waals surface area contributed by atoms with Gasteiger partial charge in [-0.3, -0.25) is 14.2 Å². The van der Waals surface area contributed by atoms with E-state index >= 15 is 0 Å². The molecule has 0 unspecified atom stereocenters. The molecule has 0 amide bonds. The third-order valence-corrected chi connectivity index (χ3v) is 3.24. The fourth-order valence-electron chi connectivity index (χ4n) is 1.92. The van der Waals surface area contributed by atoms with Crippen LogP contribution in [0.4, 0.5) is 0 Å². The molecule has 3 nitrogen and oxygen atoms in total. The lowest BCUT2D eigenvalue weighted by molar-refractivity contribution is 0.0772. The number of benzene rings is 1. The number of carbonyl (C=O) groups is 2. The molecule has 0 radical (unpaired) electrons. The van der Waals surface area contributed by atoms with Crippen molar-refractivity contribution in [1.29, 1.82) is 0 Å². The van der Waals surface area contributed by atoms with Gasteiger partial charge in [-0.15, -0.1) is 11.6 Å². The first-order valence-electron chi connectivity index (χ1n) is 6.09. The number of hydrogen-bond donors (Lipinski definition) is 0. The summed E-state index contributed by atoms with van der Waals surface area (Å²) in [4.78, 5) is 24.0. The van der Waals surface area contributed by atoms with E-state index in [2.05, 4.69) is 0 Å². The number of halogens is 1. The zero-order chi connectivity index (χ0) is 14.2. The van der Waals surface area contributed by atoms with Crippen molar-refractivity contribution in [3.05, 3.63) is 36.0 Å². The van der Waals surface area contributed by atoms with E-state index in [1.165, 1.54) is 0 Å². The van der Waals surface area contributed by atoms with Crippen LogP contribution in [0.15, 0.2) is 30.5 Å². The van der Waals surface area contributed by atoms with Crippen molar-refractivity contribution >= 4 is 34.2 Å². The van der Waals surface area contributed by atoms with Crippen LogP contribution in [0, 0.1) is 5.41 Å². The fourth-order valence-corrected chi connectivity index (χ4v) is 2.07. The highest BCUT2D eigenvalue weighted by Gasteiger charge is 2.24. The molecular weight excluding hydrogens is 262 g/mol. The Labute approximate surface area is 117 Å². The maximum absolute atomic E-state index is 12.3. The maximum Gasteiger partial charge on any atom is 0.236 e. The van der Waals surface area contributed by atoms with E-state index in [-0.39, 0.29) is 17.6 Å². The Balaban J connectivity index is 2.58. The Bertz CT molecular complexity index is 650. The van der Waals surface area contributed by atoms with Gasteiger partial charge in [-0.1, -0.05) is 32.9 Å². The Morgan fingerprint density at radius 1 is 1.21 bits per heavy atom. The van der Waals surface area contributed by atoms with Gasteiger partial charge in [0.05, 0.1) is 11.4 Å². The highest BCUT2D eigenvalue weighted by Crippen LogP contribution is 2.23. The monoisotopic (exact) mass is 277 g/mol. The van der Waals surface area contributed by atoms with Crippen molar-refractivity contribution in [2.45, 2.75) is 20.8 Å². The zero-order valence-electron chi connectivity index (χ0n) is 11.2. The van der Waals surface area contributed by atoms with E-state index in [1.54, 1.807) is 22.9 Å². The normalized spacial score (nSPS) is 11.8. The van der Waals surface area contributed by atoms with Crippen LogP contribution in [0.25, 0.3) is 10.9 Å². The van der Waals surface area contributed by atoms with E-state index < -0.39 is 5.41 Å². The number of hydrogen-bond acceptors (Lipinski definition) is 2. The predicted octanol–water partition coefficient (Wildman–Crippen LogP) is 3.75. The quantitative estimate of drug-likeness (QED) is 0.619. The molecule has 0 N–H and O–H groups in total. The molecule has 4 heteroatoms. The first kappa shape index (κ1) is 13.8. The second kappa shape index (κ2) is 4.82. The minimum Gasteiger partial charge on any atom is -0.293 e. The lowest BCUT2D eigenvalue weighted by Crippen LogP contribution is -2.26. The van der Waals surface area contributed by atoms with Gasteiger partial charge in [0, 0.05) is 22.6 Å². The summed E-state index contributed by atoms with van der Waals surface area (Å²) < 4.78 is 1.60. The van der Waals surface area contributed by atoms with E-state index in [0.717, 1.165) is 10.9 Å². The number of ketones is 1. The third kappa shape index (κ3) is 2.56. The second-order valence-electron chi connectivity index (χ2n) is 5.57. The maximum atomic E-state index is 12.3. The van der Waals surface area contributed by atoms with Gasteiger partial charge in [0.25, 0.3) is 0 Å². The molecule has 0 aliphatic carbocycles. The summed E-state index contributed by atoms with van der Waals surface area (Å²) in [5.74, 6) is -0.197. The molecule has 2 rings (SSSR count). The van der Waals surface area contributed by atoms with Gasteiger partial charge < -0.3 is 0 Å². The summed E-state index contributed by atoms with van der Waals surface area (Å²) in [6.07, 6.45) is 1.74. The molecule has 1 heterocycles. The van der Waals surface area contributed by atoms with Gasteiger partial charge in [0.15, 0.2) is 5.78 Å². The first-order valence-corrected chi connectivity index (χ1v) is 6.63. The van der Waals surface area contributed by atoms with Gasteiger partial charge in [-0.25, -0.2) is 0 Å². The number of fused-ring (bicyclic) bond motifs is 1. The predicted molar refractivity (Wildman–Crippen MR) is 77.1 cm³/mol. The topological polar surface area (TPSA) is 39.1 Å². The number of Topliss-reactive ketones (excluding diaryl/α,β-unsaturated/α-hetero) is 1. The van der Waals surface area contributed by atoms with E-state index in [4.69, 9.17) is 11.6 Å². The summed E-state index contributed by atoms with van der Waals surface area (Å²) in [5.41, 5.74) is 0.804. The third-order valence-electron chi connectivity index (χ3n) is 3.00. The molecule has 2 aromatic rings. The summed E-state index contributed by atoms with van der Waals surface area (Å²) >= 11 is 5.56. The lowest BCUT2D eigenvalue weighted by Gasteiger charge is -2.17. The van der Waals surface area contributed by atoms with E-state index in [0.29, 0.717) is 5.56 Å². The molecule has 0 aliphatic rings. The molecule has 0 aliphatic heterocycles. The highest BCUT2D eigenvalue weighted by atomic mass is 35.5. The highest BCUT2D eigenvalue weighted by molar-refractivity contribution is 6.30. The number of rotatable bonds is 2. The summed E-state index contributed by atoms with van der Waals surface area (Å²) in [7, 11) is 0. The number of aromatic nitrogens is 1. The molecule has 0 spiro atoms. The molecular formula is C15H16ClNO2. The van der Waals surface area contributed by atoms with Gasteiger partial charge >= 0.3 is 0 Å². The fraction of sp³-hybridized carbons (Fsp3) is 0.333. The average Bonchev–Trinajstić information content (AvgIpc) is 2.78. The Hall–Kier alpha value is -1.61. The SMILES string of the molecule is CC(C)(C)C(=O)n1ccc2ccc(C(=O)CCl)cc21. The van der Waals surface area contributed by atoms with Crippen molar-refractivity contribution < 1.29 is 9.59 Å². The van der Waals surface area contributed by atoms with Crippen LogP contribution in [0.1, 0.15) is 35.9 Å². The smallest absolute Gasteiger partial charge is 0.236 e. The zero-order valence-corrected chi connectivity index (χ0v) is 12.0. The second-order valence-corrected chi connectivity index (χ2v) is 5.84. The van der Waals surface area contributed by atoms with Crippen LogP contribution in [0.5, 0.6) is 0 Å². The van der Waals surface area contributed by atoms with Gasteiger partial charge in [-0.2, -0.15) is 0 Å². The average molecular weight is 278 g/mol. The van der Waals surface area contributed by atoms with Crippen molar-refractivity contribution in [1.82, 2.24) is 4.57 Å². The first-order chi connectivity index (χ1) is 8.84. The van der Waals surface area contributed by atoms with Crippen molar-refractivity contribution in [2.75, 3.05) is 5.88 Å². The van der Waals surface area contributed by atoms with Crippen LogP contribution in [0.2, 0.25) is 0 Å². The molecule has 19 heavy (non-hydrogen) atoms. The van der Waals surface area contributed by atoms with Crippen LogP contribution in [-0.2, 0) is 0 Å². The molecule has 0 saturated heterocycles. The standard InChI is InChI=1S/C15H16ClNO2/c1-15(2,3)14(19)17-7-6-10-4-5-11(8-12(10)17)13(18)9-16/h4-8H,9H2,1-3H3. The van der Waals surface area contributed by atoms with Crippen LogP contribution in [-0.4, -0.2) is 22.1 Å². The van der Waals surface area contributed by atoms with Crippen LogP contribution in [0.3, 0.4) is 0 Å². The van der Waals surface area contributed by atoms with Crippen molar-refractivity contribution in [3.8, 4) is 0 Å². The van der Waals surface area contributed by atoms with E-state index in [1.807, 2.05) is 32.9 Å². The molecule has 0 fully saturated rings. The van der Waals surface area contributed by atoms with Crippen molar-refractivity contribution in [2.24, 2.45) is 5.41 Å². The minimum absolute atomic E-state index is 0.00188. The molecule has 0 saturated carbocycles. The van der Waals surface area contributed by atoms with Gasteiger partial charge in [0.2, 0.25) is 5.91 Å². The van der Waals surface area contributed by atoms with Crippen LogP contribution < -0.4 is 0 Å². The number of nitrogens with zero attached hydrogens (tertiary/aromatic N) is 1. The van der Waals surface area contributed by atoms with Crippen LogP contribution >= 0.6 is 11.6 Å². The Morgan fingerprint density at radius 2 is 1.89 bits per heavy atom. The van der Waals surface area contributed by atoms with Crippen molar-refractivity contribution in [3.63, 3.8) is 0 Å². The summed E-state index contributed by atoms with van der Waals surface area (Å²) in [6, 6.07) is 7.16. The Kier molecular flexibility index (Phi) is 3.50. The van der Waals surface area contributed by atoms with Gasteiger partial charge in [-0.05, 0) is 12.1 Å². The molecule has 0 atom stereocenters. The molecule has 1 aromatic carbocycles. The largest absolute Gasteiger partial charge is 0.293 e.